The molecule has 4 rings (SSSR count). The molecule has 0 bridgehead atoms. The molecule has 1 fully saturated rings. The largest absolute Gasteiger partial charge is 0.490 e. The van der Waals surface area contributed by atoms with Gasteiger partial charge in [0.1, 0.15) is 23.4 Å². The lowest BCUT2D eigenvalue weighted by molar-refractivity contribution is -0.138. The van der Waals surface area contributed by atoms with Crippen LogP contribution in [0.4, 0.5) is 23.2 Å². The highest BCUT2D eigenvalue weighted by molar-refractivity contribution is 6.03. The van der Waals surface area contributed by atoms with Gasteiger partial charge in [0.2, 0.25) is 0 Å². The third kappa shape index (κ3) is 4.54. The highest BCUT2D eigenvalue weighted by Gasteiger charge is 2.36. The minimum absolute atomic E-state index is 0.163. The van der Waals surface area contributed by atoms with E-state index in [9.17, 15) is 22.4 Å². The topological polar surface area (TPSA) is 74.0 Å². The van der Waals surface area contributed by atoms with Crippen LogP contribution in [0.25, 0.3) is 0 Å². The Morgan fingerprint density at radius 3 is 2.61 bits per heavy atom. The van der Waals surface area contributed by atoms with Crippen LogP contribution in [0.15, 0.2) is 36.7 Å². The molecule has 1 amide bonds. The van der Waals surface area contributed by atoms with Gasteiger partial charge in [-0.1, -0.05) is 0 Å². The Hall–Kier alpha value is -3.37. The van der Waals surface area contributed by atoms with Crippen molar-refractivity contribution >= 4 is 11.6 Å². The van der Waals surface area contributed by atoms with Crippen LogP contribution >= 0.6 is 0 Å². The van der Waals surface area contributed by atoms with E-state index in [2.05, 4.69) is 15.5 Å². The number of alkyl halides is 3. The van der Waals surface area contributed by atoms with E-state index in [1.165, 1.54) is 6.20 Å². The van der Waals surface area contributed by atoms with Crippen molar-refractivity contribution < 1.29 is 27.1 Å². The third-order valence-electron chi connectivity index (χ3n) is 4.97. The van der Waals surface area contributed by atoms with Crippen molar-refractivity contribution in [2.24, 2.45) is 7.05 Å². The first-order chi connectivity index (χ1) is 14.6. The van der Waals surface area contributed by atoms with Gasteiger partial charge in [-0.3, -0.25) is 14.2 Å². The van der Waals surface area contributed by atoms with Gasteiger partial charge >= 0.3 is 6.18 Å². The van der Waals surface area contributed by atoms with Crippen molar-refractivity contribution in [2.75, 3.05) is 5.32 Å². The standard InChI is InChI=1S/C20H19F4N5O2/c1-11-3-18(19(30)26-14-9-25-28(2)10-14)29(27-11)15-7-17(8-15)31-16-5-12(20(22,23)24)4-13(21)6-16/h3-6,9-10,15,17H,7-8H2,1-2H3,(H,26,30). The number of benzene rings is 1. The quantitative estimate of drug-likeness (QED) is 0.610. The van der Waals surface area contributed by atoms with Crippen molar-refractivity contribution in [3.63, 3.8) is 0 Å². The second-order valence-corrected chi connectivity index (χ2v) is 7.51. The van der Waals surface area contributed by atoms with Crippen LogP contribution in [0.2, 0.25) is 0 Å². The average Bonchev–Trinajstić information content (AvgIpc) is 3.22. The second-order valence-electron chi connectivity index (χ2n) is 7.51. The van der Waals surface area contributed by atoms with Crippen LogP contribution in [0.3, 0.4) is 0 Å². The summed E-state index contributed by atoms with van der Waals surface area (Å²) in [5, 5.41) is 11.1. The summed E-state index contributed by atoms with van der Waals surface area (Å²) in [7, 11) is 1.73. The minimum Gasteiger partial charge on any atom is -0.490 e. The summed E-state index contributed by atoms with van der Waals surface area (Å²) in [6.07, 6.45) is -1.05. The number of nitrogens with zero attached hydrogens (tertiary/aromatic N) is 4. The molecule has 1 saturated carbocycles. The number of aromatic nitrogens is 4. The van der Waals surface area contributed by atoms with Crippen molar-refractivity contribution in [2.45, 2.75) is 38.1 Å². The molecule has 11 heteroatoms. The molecule has 0 spiro atoms. The van der Waals surface area contributed by atoms with E-state index in [-0.39, 0.29) is 17.7 Å². The van der Waals surface area contributed by atoms with E-state index in [1.54, 1.807) is 35.6 Å². The molecule has 1 aliphatic rings. The number of carbonyl (C=O) groups is 1. The van der Waals surface area contributed by atoms with Gasteiger partial charge in [0.25, 0.3) is 5.91 Å². The minimum atomic E-state index is -4.66. The Balaban J connectivity index is 1.43. The lowest BCUT2D eigenvalue weighted by Crippen LogP contribution is -2.37. The van der Waals surface area contributed by atoms with Gasteiger partial charge in [-0.05, 0) is 25.1 Å². The molecule has 0 atom stereocenters. The SMILES string of the molecule is Cc1cc(C(=O)Nc2cnn(C)c2)n(C2CC(Oc3cc(F)cc(C(F)(F)F)c3)C2)n1. The summed E-state index contributed by atoms with van der Waals surface area (Å²) < 4.78 is 60.8. The molecule has 7 nitrogen and oxygen atoms in total. The van der Waals surface area contributed by atoms with E-state index >= 15 is 0 Å². The highest BCUT2D eigenvalue weighted by Crippen LogP contribution is 2.38. The summed E-state index contributed by atoms with van der Waals surface area (Å²) in [4.78, 5) is 12.7. The molecule has 1 N–H and O–H groups in total. The number of halogens is 4. The maximum absolute atomic E-state index is 13.6. The number of rotatable bonds is 5. The Morgan fingerprint density at radius 2 is 1.97 bits per heavy atom. The van der Waals surface area contributed by atoms with E-state index in [1.807, 2.05) is 0 Å². The Kier molecular flexibility index (Phi) is 5.19. The molecular weight excluding hydrogens is 418 g/mol. The zero-order valence-corrected chi connectivity index (χ0v) is 16.7. The summed E-state index contributed by atoms with van der Waals surface area (Å²) in [6.45, 7) is 1.76. The molecule has 0 unspecified atom stereocenters. The van der Waals surface area contributed by atoms with Crippen molar-refractivity contribution in [1.82, 2.24) is 19.6 Å². The summed E-state index contributed by atoms with van der Waals surface area (Å²) in [5.41, 5.74) is 0.449. The van der Waals surface area contributed by atoms with Crippen LogP contribution in [0, 0.1) is 12.7 Å². The van der Waals surface area contributed by atoms with Crippen LogP contribution in [-0.4, -0.2) is 31.6 Å². The number of carbonyl (C=O) groups excluding carboxylic acids is 1. The Labute approximate surface area is 174 Å². The first-order valence-corrected chi connectivity index (χ1v) is 9.49. The van der Waals surface area contributed by atoms with E-state index < -0.39 is 23.7 Å². The number of anilines is 1. The maximum Gasteiger partial charge on any atom is 0.416 e. The zero-order valence-electron chi connectivity index (χ0n) is 16.7. The van der Waals surface area contributed by atoms with E-state index in [0.717, 1.165) is 12.1 Å². The number of amides is 1. The fourth-order valence-corrected chi connectivity index (χ4v) is 3.47. The molecular formula is C20H19F4N5O2. The molecule has 0 radical (unpaired) electrons. The van der Waals surface area contributed by atoms with E-state index in [0.29, 0.717) is 36.0 Å². The predicted octanol–water partition coefficient (Wildman–Crippen LogP) is 4.12. The number of nitrogens with one attached hydrogen (secondary N) is 1. The molecule has 0 aliphatic heterocycles. The molecule has 164 valence electrons. The normalized spacial score (nSPS) is 18.5. The second kappa shape index (κ2) is 7.71. The smallest absolute Gasteiger partial charge is 0.416 e. The number of hydrogen-bond donors (Lipinski definition) is 1. The van der Waals surface area contributed by atoms with Gasteiger partial charge in [0.15, 0.2) is 0 Å². The predicted molar refractivity (Wildman–Crippen MR) is 102 cm³/mol. The van der Waals surface area contributed by atoms with Crippen molar-refractivity contribution in [3.8, 4) is 5.75 Å². The zero-order chi connectivity index (χ0) is 22.3. The fraction of sp³-hybridized carbons (Fsp3) is 0.350. The molecule has 31 heavy (non-hydrogen) atoms. The first-order valence-electron chi connectivity index (χ1n) is 9.49. The molecule has 0 saturated heterocycles. The summed E-state index contributed by atoms with van der Waals surface area (Å²) >= 11 is 0. The Morgan fingerprint density at radius 1 is 1.23 bits per heavy atom. The average molecular weight is 437 g/mol. The van der Waals surface area contributed by atoms with Gasteiger partial charge in [0, 0.05) is 32.2 Å². The van der Waals surface area contributed by atoms with Crippen molar-refractivity contribution in [3.05, 3.63) is 59.4 Å². The van der Waals surface area contributed by atoms with E-state index in [4.69, 9.17) is 4.74 Å². The maximum atomic E-state index is 13.6. The van der Waals surface area contributed by atoms with Crippen LogP contribution in [0.1, 0.15) is 40.6 Å². The summed E-state index contributed by atoms with van der Waals surface area (Å²) in [5.74, 6) is -1.54. The van der Waals surface area contributed by atoms with Gasteiger partial charge < -0.3 is 10.1 Å². The van der Waals surface area contributed by atoms with Crippen LogP contribution in [0.5, 0.6) is 5.75 Å². The third-order valence-corrected chi connectivity index (χ3v) is 4.97. The highest BCUT2D eigenvalue weighted by atomic mass is 19.4. The number of aryl methyl sites for hydroxylation is 2. The lowest BCUT2D eigenvalue weighted by atomic mass is 9.89. The fourth-order valence-electron chi connectivity index (χ4n) is 3.47. The first kappa shape index (κ1) is 20.9. The monoisotopic (exact) mass is 437 g/mol. The van der Waals surface area contributed by atoms with Crippen molar-refractivity contribution in [1.29, 1.82) is 0 Å². The van der Waals surface area contributed by atoms with Crippen LogP contribution in [-0.2, 0) is 13.2 Å². The molecule has 3 aromatic rings. The van der Waals surface area contributed by atoms with Gasteiger partial charge in [-0.2, -0.15) is 23.4 Å². The number of hydrogen-bond acceptors (Lipinski definition) is 4. The van der Waals surface area contributed by atoms with Crippen LogP contribution < -0.4 is 10.1 Å². The summed E-state index contributed by atoms with van der Waals surface area (Å²) in [6, 6.07) is 3.62. The lowest BCUT2D eigenvalue weighted by Gasteiger charge is -2.36. The van der Waals surface area contributed by atoms with Gasteiger partial charge in [-0.25, -0.2) is 4.39 Å². The van der Waals surface area contributed by atoms with Gasteiger partial charge in [0.05, 0.1) is 29.2 Å². The number of ether oxygens (including phenoxy) is 1. The Bertz CT molecular complexity index is 1120. The van der Waals surface area contributed by atoms with Gasteiger partial charge in [-0.15, -0.1) is 0 Å². The molecule has 1 aliphatic carbocycles. The molecule has 2 heterocycles. The molecule has 1 aromatic carbocycles. The molecule has 2 aromatic heterocycles.